The molecule has 4 rings (SSSR count). The minimum Gasteiger partial charge on any atom is -0.346 e. The minimum absolute atomic E-state index is 0.217. The molecule has 28 heavy (non-hydrogen) atoms. The lowest BCUT2D eigenvalue weighted by molar-refractivity contribution is 0.0950. The summed E-state index contributed by atoms with van der Waals surface area (Å²) in [6, 6.07) is 8.04. The molecule has 0 unspecified atom stereocenters. The maximum atomic E-state index is 12.3. The van der Waals surface area contributed by atoms with Crippen LogP contribution in [-0.2, 0) is 19.3 Å². The van der Waals surface area contributed by atoms with E-state index in [1.165, 1.54) is 35.0 Å². The Hall–Kier alpha value is -2.85. The summed E-state index contributed by atoms with van der Waals surface area (Å²) in [6.45, 7) is 2.49. The van der Waals surface area contributed by atoms with E-state index in [0.29, 0.717) is 17.3 Å². The summed E-state index contributed by atoms with van der Waals surface area (Å²) in [5.74, 6) is 0.357. The molecular weight excluding hydrogens is 394 g/mol. The van der Waals surface area contributed by atoms with Gasteiger partial charge in [-0.1, -0.05) is 52.9 Å². The van der Waals surface area contributed by atoms with Gasteiger partial charge in [-0.05, 0) is 12.5 Å². The van der Waals surface area contributed by atoms with Crippen LogP contribution in [0.25, 0.3) is 11.0 Å². The molecule has 3 heterocycles. The number of nitrogens with zero attached hydrogens (tertiary/aromatic N) is 6. The van der Waals surface area contributed by atoms with Crippen molar-refractivity contribution in [2.75, 3.05) is 0 Å². The van der Waals surface area contributed by atoms with E-state index in [4.69, 9.17) is 0 Å². The Morgan fingerprint density at radius 2 is 2.04 bits per heavy atom. The van der Waals surface area contributed by atoms with E-state index < -0.39 is 0 Å². The Morgan fingerprint density at radius 1 is 1.21 bits per heavy atom. The summed E-state index contributed by atoms with van der Waals surface area (Å²) in [5, 5.41) is 18.1. The van der Waals surface area contributed by atoms with Crippen LogP contribution in [0, 0.1) is 6.92 Å². The van der Waals surface area contributed by atoms with Crippen molar-refractivity contribution in [1.29, 1.82) is 0 Å². The molecule has 0 bridgehead atoms. The number of aryl methyl sites for hydroxylation is 2. The van der Waals surface area contributed by atoms with Crippen LogP contribution in [0.3, 0.4) is 0 Å². The summed E-state index contributed by atoms with van der Waals surface area (Å²) in [5.41, 5.74) is 3.02. The van der Waals surface area contributed by atoms with Crippen molar-refractivity contribution < 1.29 is 4.79 Å². The van der Waals surface area contributed by atoms with Gasteiger partial charge in [-0.25, -0.2) is 9.97 Å². The third-order valence-electron chi connectivity index (χ3n) is 4.06. The molecule has 1 amide bonds. The van der Waals surface area contributed by atoms with Gasteiger partial charge >= 0.3 is 0 Å². The Labute approximate surface area is 169 Å². The molecule has 0 radical (unpaired) electrons. The summed E-state index contributed by atoms with van der Waals surface area (Å²) in [7, 11) is 1.84. The topological polar surface area (TPSA) is 98.5 Å². The van der Waals surface area contributed by atoms with E-state index in [0.717, 1.165) is 26.6 Å². The predicted molar refractivity (Wildman–Crippen MR) is 108 cm³/mol. The van der Waals surface area contributed by atoms with Crippen LogP contribution in [0.15, 0.2) is 41.8 Å². The average Bonchev–Trinajstić information content (AvgIpc) is 3.33. The molecule has 3 aromatic heterocycles. The van der Waals surface area contributed by atoms with Crippen molar-refractivity contribution in [2.45, 2.75) is 24.2 Å². The number of carbonyl (C=O) groups is 1. The largest absolute Gasteiger partial charge is 0.346 e. The number of rotatable bonds is 6. The lowest BCUT2D eigenvalue weighted by Gasteiger charge is -2.03. The van der Waals surface area contributed by atoms with Gasteiger partial charge in [0.2, 0.25) is 5.01 Å². The molecule has 0 aliphatic heterocycles. The number of fused-ring (bicyclic) bond motifs is 1. The summed E-state index contributed by atoms with van der Waals surface area (Å²) < 4.78 is 1.71. The van der Waals surface area contributed by atoms with Gasteiger partial charge in [-0.2, -0.15) is 5.10 Å². The second-order valence-corrected chi connectivity index (χ2v) is 8.17. The van der Waals surface area contributed by atoms with Gasteiger partial charge < -0.3 is 5.32 Å². The highest BCUT2D eigenvalue weighted by Crippen LogP contribution is 2.27. The first-order chi connectivity index (χ1) is 13.6. The molecule has 1 N–H and O–H groups in total. The highest BCUT2D eigenvalue weighted by Gasteiger charge is 2.14. The van der Waals surface area contributed by atoms with Crippen LogP contribution >= 0.6 is 23.1 Å². The molecule has 1 aromatic carbocycles. The third-order valence-corrected chi connectivity index (χ3v) is 6.18. The fourth-order valence-corrected chi connectivity index (χ4v) is 4.26. The smallest absolute Gasteiger partial charge is 0.282 e. The molecule has 0 spiro atoms. The van der Waals surface area contributed by atoms with E-state index in [2.05, 4.69) is 30.6 Å². The van der Waals surface area contributed by atoms with E-state index in [1.54, 1.807) is 10.9 Å². The van der Waals surface area contributed by atoms with Gasteiger partial charge in [0.1, 0.15) is 16.4 Å². The van der Waals surface area contributed by atoms with E-state index in [-0.39, 0.29) is 5.91 Å². The molecule has 0 saturated heterocycles. The van der Waals surface area contributed by atoms with Gasteiger partial charge in [0.25, 0.3) is 5.91 Å². The Morgan fingerprint density at radius 3 is 2.86 bits per heavy atom. The van der Waals surface area contributed by atoms with E-state index in [9.17, 15) is 4.79 Å². The highest BCUT2D eigenvalue weighted by atomic mass is 32.2. The molecule has 0 aliphatic carbocycles. The molecule has 4 aromatic rings. The van der Waals surface area contributed by atoms with Crippen LogP contribution < -0.4 is 5.32 Å². The summed E-state index contributed by atoms with van der Waals surface area (Å²) in [6.07, 6.45) is 3.28. The fourth-order valence-electron chi connectivity index (χ4n) is 2.55. The summed E-state index contributed by atoms with van der Waals surface area (Å²) in [4.78, 5) is 20.9. The Bertz CT molecular complexity index is 1120. The van der Waals surface area contributed by atoms with Gasteiger partial charge in [-0.15, -0.1) is 10.2 Å². The molecular formula is C18H17N7OS2. The van der Waals surface area contributed by atoms with Crippen molar-refractivity contribution >= 4 is 40.0 Å². The van der Waals surface area contributed by atoms with Crippen LogP contribution in [0.5, 0.6) is 0 Å². The van der Waals surface area contributed by atoms with Gasteiger partial charge in [0.15, 0.2) is 5.65 Å². The van der Waals surface area contributed by atoms with E-state index >= 15 is 0 Å². The number of hydrogen-bond acceptors (Lipinski definition) is 8. The molecule has 0 atom stereocenters. The predicted octanol–water partition coefficient (Wildman–Crippen LogP) is 2.75. The zero-order valence-electron chi connectivity index (χ0n) is 15.3. The zero-order chi connectivity index (χ0) is 19.5. The van der Waals surface area contributed by atoms with Gasteiger partial charge in [0, 0.05) is 13.6 Å². The second kappa shape index (κ2) is 8.03. The van der Waals surface area contributed by atoms with Crippen molar-refractivity contribution in [1.82, 2.24) is 35.3 Å². The first-order valence-electron chi connectivity index (χ1n) is 8.52. The number of carbonyl (C=O) groups excluding carboxylic acids is 1. The van der Waals surface area contributed by atoms with Crippen LogP contribution in [0.4, 0.5) is 0 Å². The number of benzene rings is 1. The highest BCUT2D eigenvalue weighted by molar-refractivity contribution is 7.98. The molecule has 0 fully saturated rings. The lowest BCUT2D eigenvalue weighted by atomic mass is 10.1. The van der Waals surface area contributed by atoms with E-state index in [1.807, 2.05) is 38.2 Å². The Kier molecular flexibility index (Phi) is 5.31. The molecule has 10 heteroatoms. The first kappa shape index (κ1) is 18.5. The van der Waals surface area contributed by atoms with Gasteiger partial charge in [-0.3, -0.25) is 9.48 Å². The first-order valence-corrected chi connectivity index (χ1v) is 10.3. The quantitative estimate of drug-likeness (QED) is 0.385. The number of hydrogen-bond donors (Lipinski definition) is 1. The lowest BCUT2D eigenvalue weighted by Crippen LogP contribution is -2.22. The second-order valence-electron chi connectivity index (χ2n) is 6.14. The maximum absolute atomic E-state index is 12.3. The molecule has 8 nitrogen and oxygen atoms in total. The maximum Gasteiger partial charge on any atom is 0.282 e. The average molecular weight is 412 g/mol. The van der Waals surface area contributed by atoms with Crippen LogP contribution in [-0.4, -0.2) is 35.9 Å². The SMILES string of the molecule is Cc1ccc(CNC(=O)c2nnc(CSc3ncnc4c3cnn4C)s2)cc1. The van der Waals surface area contributed by atoms with Crippen molar-refractivity contribution in [3.63, 3.8) is 0 Å². The number of nitrogens with one attached hydrogen (secondary N) is 1. The standard InChI is InChI=1S/C18H17N7OS2/c1-11-3-5-12(6-4-11)7-19-16(26)18-24-23-14(28-18)9-27-17-13-8-22-25(2)15(13)20-10-21-17/h3-6,8,10H,7,9H2,1-2H3,(H,19,26). The van der Waals surface area contributed by atoms with Crippen molar-refractivity contribution in [2.24, 2.45) is 7.05 Å². The zero-order valence-corrected chi connectivity index (χ0v) is 16.9. The number of thioether (sulfide) groups is 1. The van der Waals surface area contributed by atoms with Gasteiger partial charge in [0.05, 0.1) is 17.3 Å². The van der Waals surface area contributed by atoms with Crippen molar-refractivity contribution in [3.05, 3.63) is 57.9 Å². The molecule has 0 aliphatic rings. The third kappa shape index (κ3) is 4.02. The number of amides is 1. The fraction of sp³-hybridized carbons (Fsp3) is 0.222. The monoisotopic (exact) mass is 411 g/mol. The van der Waals surface area contributed by atoms with Crippen molar-refractivity contribution in [3.8, 4) is 0 Å². The molecule has 142 valence electrons. The normalized spacial score (nSPS) is 11.1. The summed E-state index contributed by atoms with van der Waals surface area (Å²) >= 11 is 2.81. The molecule has 0 saturated carbocycles. The number of aromatic nitrogens is 6. The minimum atomic E-state index is -0.217. The Balaban J connectivity index is 1.37. The van der Waals surface area contributed by atoms with Crippen LogP contribution in [0.2, 0.25) is 0 Å². The van der Waals surface area contributed by atoms with Crippen LogP contribution in [0.1, 0.15) is 25.9 Å².